The molecule has 19 heteroatoms. The molecule has 3 N–H and O–H groups in total. The third-order valence-electron chi connectivity index (χ3n) is 15.6. The molecule has 0 fully saturated rings. The molecular formula is C68H132O17P2. The maximum Gasteiger partial charge on any atom is 0.472 e. The van der Waals surface area contributed by atoms with E-state index in [1.165, 1.54) is 128 Å². The molecular weight excluding hydrogens is 1150 g/mol. The SMILES string of the molecule is CC(C)CCCCCCCCCCCCCC(=O)OC[C@H](COP(=O)(O)OC[C@@H](O)COP(=O)(O)OC[C@@H](COC(=O)CCCCCCCCC(C)C)OC(=O)CCCCCCCCCCCCC(C)C)OC(=O)CCCCCCCCCCC(C)C. The van der Waals surface area contributed by atoms with E-state index in [2.05, 4.69) is 55.4 Å². The van der Waals surface area contributed by atoms with E-state index >= 15 is 0 Å². The molecule has 87 heavy (non-hydrogen) atoms. The largest absolute Gasteiger partial charge is 0.472 e. The van der Waals surface area contributed by atoms with Crippen LogP contribution in [0.25, 0.3) is 0 Å². The normalized spacial score (nSPS) is 14.3. The molecule has 0 bridgehead atoms. The van der Waals surface area contributed by atoms with Crippen molar-refractivity contribution in [2.45, 2.75) is 350 Å². The predicted molar refractivity (Wildman–Crippen MR) is 349 cm³/mol. The molecule has 2 unspecified atom stereocenters. The Morgan fingerprint density at radius 3 is 0.713 bits per heavy atom. The zero-order valence-corrected chi connectivity index (χ0v) is 58.4. The Morgan fingerprint density at radius 2 is 0.483 bits per heavy atom. The quantitative estimate of drug-likeness (QED) is 0.0222. The molecule has 0 spiro atoms. The second-order valence-corrected chi connectivity index (χ2v) is 29.4. The van der Waals surface area contributed by atoms with Crippen molar-refractivity contribution >= 4 is 39.5 Å². The van der Waals surface area contributed by atoms with Gasteiger partial charge in [-0.3, -0.25) is 37.3 Å². The second-order valence-electron chi connectivity index (χ2n) is 26.5. The number of aliphatic hydroxyl groups excluding tert-OH is 1. The summed E-state index contributed by atoms with van der Waals surface area (Å²) in [4.78, 5) is 72.4. The molecule has 17 nitrogen and oxygen atoms in total. The standard InChI is InChI=1S/C68H132O17P2/c1-58(2)44-36-28-20-14-10-9-11-16-23-32-40-48-65(70)78-54-63(85-68(73)51-43-35-25-19-18-22-30-38-46-60(5)6)56-82-86(74,75)80-52-62(69)53-81-87(76,77)83-57-64(55-79-66(71)49-41-33-27-26-31-39-47-61(7)8)84-67(72)50-42-34-24-17-13-12-15-21-29-37-45-59(3)4/h58-64,69H,9-57H2,1-8H3,(H,74,75)(H,76,77)/t62-,63-,64-/m1/s1. The molecule has 0 radical (unpaired) electrons. The van der Waals surface area contributed by atoms with Crippen molar-refractivity contribution in [2.75, 3.05) is 39.6 Å². The lowest BCUT2D eigenvalue weighted by Crippen LogP contribution is -2.30. The monoisotopic (exact) mass is 1280 g/mol. The minimum Gasteiger partial charge on any atom is -0.462 e. The molecule has 0 heterocycles. The molecule has 0 aliphatic rings. The molecule has 5 atom stereocenters. The van der Waals surface area contributed by atoms with Gasteiger partial charge in [-0.2, -0.15) is 0 Å². The first-order chi connectivity index (χ1) is 41.6. The number of esters is 4. The van der Waals surface area contributed by atoms with E-state index in [9.17, 15) is 43.2 Å². The average molecular weight is 1280 g/mol. The van der Waals surface area contributed by atoms with Crippen LogP contribution in [0.4, 0.5) is 0 Å². The third kappa shape index (κ3) is 62.6. The van der Waals surface area contributed by atoms with Gasteiger partial charge in [-0.1, -0.05) is 280 Å². The van der Waals surface area contributed by atoms with Crippen LogP contribution in [0.3, 0.4) is 0 Å². The Labute approximate surface area is 530 Å². The van der Waals surface area contributed by atoms with Crippen molar-refractivity contribution in [3.63, 3.8) is 0 Å². The van der Waals surface area contributed by atoms with Gasteiger partial charge in [0.15, 0.2) is 12.2 Å². The first kappa shape index (κ1) is 85.1. The molecule has 0 aliphatic heterocycles. The summed E-state index contributed by atoms with van der Waals surface area (Å²) in [6.45, 7) is 14.0. The topological polar surface area (TPSA) is 237 Å². The molecule has 516 valence electrons. The fourth-order valence-corrected chi connectivity index (χ4v) is 11.7. The number of phosphoric ester groups is 2. The van der Waals surface area contributed by atoms with Gasteiger partial charge in [-0.05, 0) is 49.4 Å². The summed E-state index contributed by atoms with van der Waals surface area (Å²) in [7, 11) is -9.90. The van der Waals surface area contributed by atoms with E-state index in [1.807, 2.05) is 0 Å². The Hall–Kier alpha value is -1.94. The highest BCUT2D eigenvalue weighted by atomic mass is 31.2. The Balaban J connectivity index is 5.24. The summed E-state index contributed by atoms with van der Waals surface area (Å²) in [5.74, 6) is 0.786. The number of unbranched alkanes of at least 4 members (excludes halogenated alkanes) is 31. The highest BCUT2D eigenvalue weighted by Gasteiger charge is 2.30. The van der Waals surface area contributed by atoms with Crippen molar-refractivity contribution < 1.29 is 80.2 Å². The van der Waals surface area contributed by atoms with Gasteiger partial charge in [0.1, 0.15) is 19.3 Å². The first-order valence-electron chi connectivity index (χ1n) is 35.2. The molecule has 0 aromatic heterocycles. The summed E-state index contributed by atoms with van der Waals surface area (Å²) in [6.07, 6.45) is 39.1. The summed E-state index contributed by atoms with van der Waals surface area (Å²) >= 11 is 0. The van der Waals surface area contributed by atoms with Crippen LogP contribution < -0.4 is 0 Å². The highest BCUT2D eigenvalue weighted by molar-refractivity contribution is 7.47. The van der Waals surface area contributed by atoms with Crippen molar-refractivity contribution in [2.24, 2.45) is 23.7 Å². The van der Waals surface area contributed by atoms with Crippen LogP contribution in [0.1, 0.15) is 331 Å². The smallest absolute Gasteiger partial charge is 0.462 e. The van der Waals surface area contributed by atoms with Gasteiger partial charge < -0.3 is 33.8 Å². The lowest BCUT2D eigenvalue weighted by Gasteiger charge is -2.21. The Kier molecular flexibility index (Phi) is 56.6. The highest BCUT2D eigenvalue weighted by Crippen LogP contribution is 2.45. The van der Waals surface area contributed by atoms with Gasteiger partial charge in [-0.25, -0.2) is 9.13 Å². The van der Waals surface area contributed by atoms with Crippen LogP contribution in [-0.4, -0.2) is 96.7 Å². The fraction of sp³-hybridized carbons (Fsp3) is 0.941. The maximum absolute atomic E-state index is 13.0. The van der Waals surface area contributed by atoms with Gasteiger partial charge in [0.25, 0.3) is 0 Å². The van der Waals surface area contributed by atoms with E-state index in [4.69, 9.17) is 37.0 Å². The third-order valence-corrected chi connectivity index (χ3v) is 17.5. The molecule has 0 saturated heterocycles. The van der Waals surface area contributed by atoms with Crippen LogP contribution in [0.15, 0.2) is 0 Å². The zero-order chi connectivity index (χ0) is 64.7. The van der Waals surface area contributed by atoms with E-state index in [1.54, 1.807) is 0 Å². The van der Waals surface area contributed by atoms with Crippen LogP contribution in [0.5, 0.6) is 0 Å². The van der Waals surface area contributed by atoms with Crippen LogP contribution in [-0.2, 0) is 65.4 Å². The number of carbonyl (C=O) groups excluding carboxylic acids is 4. The minimum absolute atomic E-state index is 0.104. The summed E-state index contributed by atoms with van der Waals surface area (Å²) in [5, 5.41) is 10.6. The molecule has 0 rings (SSSR count). The van der Waals surface area contributed by atoms with Crippen molar-refractivity contribution in [3.05, 3.63) is 0 Å². The van der Waals surface area contributed by atoms with Gasteiger partial charge in [0, 0.05) is 25.7 Å². The zero-order valence-electron chi connectivity index (χ0n) is 56.6. The van der Waals surface area contributed by atoms with Crippen molar-refractivity contribution in [1.29, 1.82) is 0 Å². The molecule has 0 amide bonds. The number of ether oxygens (including phenoxy) is 4. The summed E-state index contributed by atoms with van der Waals surface area (Å²) in [6, 6.07) is 0. The molecule has 0 saturated carbocycles. The first-order valence-corrected chi connectivity index (χ1v) is 38.2. The van der Waals surface area contributed by atoms with Crippen molar-refractivity contribution in [3.8, 4) is 0 Å². The average Bonchev–Trinajstić information content (AvgIpc) is 3.67. The maximum atomic E-state index is 13.0. The van der Waals surface area contributed by atoms with Gasteiger partial charge in [-0.15, -0.1) is 0 Å². The van der Waals surface area contributed by atoms with Crippen LogP contribution >= 0.6 is 15.6 Å². The van der Waals surface area contributed by atoms with Gasteiger partial charge in [0.05, 0.1) is 26.4 Å². The number of hydrogen-bond acceptors (Lipinski definition) is 15. The van der Waals surface area contributed by atoms with Crippen LogP contribution in [0.2, 0.25) is 0 Å². The molecule has 0 aromatic carbocycles. The van der Waals surface area contributed by atoms with Crippen molar-refractivity contribution in [1.82, 2.24) is 0 Å². The fourth-order valence-electron chi connectivity index (χ4n) is 10.1. The van der Waals surface area contributed by atoms with E-state index in [0.29, 0.717) is 31.6 Å². The summed E-state index contributed by atoms with van der Waals surface area (Å²) < 4.78 is 68.2. The van der Waals surface area contributed by atoms with Gasteiger partial charge in [0.2, 0.25) is 0 Å². The summed E-state index contributed by atoms with van der Waals surface area (Å²) in [5.41, 5.74) is 0. The predicted octanol–water partition coefficient (Wildman–Crippen LogP) is 18.9. The number of aliphatic hydroxyl groups is 1. The number of hydrogen-bond donors (Lipinski definition) is 3. The lowest BCUT2D eigenvalue weighted by molar-refractivity contribution is -0.161. The van der Waals surface area contributed by atoms with Crippen LogP contribution in [0, 0.1) is 23.7 Å². The Morgan fingerprint density at radius 1 is 0.287 bits per heavy atom. The minimum atomic E-state index is -4.95. The van der Waals surface area contributed by atoms with E-state index < -0.39 is 97.5 Å². The van der Waals surface area contributed by atoms with E-state index in [-0.39, 0.29) is 25.7 Å². The molecule has 0 aromatic rings. The van der Waals surface area contributed by atoms with Gasteiger partial charge >= 0.3 is 39.5 Å². The lowest BCUT2D eigenvalue weighted by atomic mass is 10.0. The second kappa shape index (κ2) is 57.9. The van der Waals surface area contributed by atoms with E-state index in [0.717, 1.165) is 114 Å². The molecule has 0 aliphatic carbocycles. The number of rotatable bonds is 65. The number of carbonyl (C=O) groups is 4. The number of phosphoric acid groups is 2. The Bertz CT molecular complexity index is 1730.